The number of nitrogens with one attached hydrogen (secondary N) is 1. The average Bonchev–Trinajstić information content (AvgIpc) is 2.64. The molecule has 2 aliphatic rings. The predicted octanol–water partition coefficient (Wildman–Crippen LogP) is 2.93. The maximum atomic E-state index is 12.9. The van der Waals surface area contributed by atoms with Crippen molar-refractivity contribution in [3.63, 3.8) is 0 Å². The fourth-order valence-corrected chi connectivity index (χ4v) is 3.65. The fraction of sp³-hybridized carbons (Fsp3) is 0.611. The smallest absolute Gasteiger partial charge is 0.321 e. The summed E-state index contributed by atoms with van der Waals surface area (Å²) in [6.45, 7) is 3.71. The number of ether oxygens (including phenoxy) is 1. The molecule has 2 fully saturated rings. The number of benzene rings is 1. The molecule has 0 saturated carbocycles. The first-order valence-electron chi connectivity index (χ1n) is 8.74. The highest BCUT2D eigenvalue weighted by molar-refractivity contribution is 5.89. The number of likely N-dealkylation sites (tertiary alicyclic amines) is 2. The number of nitrogens with zero attached hydrogens (tertiary/aromatic N) is 2. The number of urea groups is 1. The molecule has 6 heteroatoms. The molecule has 0 aliphatic carbocycles. The van der Waals surface area contributed by atoms with Crippen molar-refractivity contribution in [1.82, 2.24) is 9.80 Å². The fourth-order valence-electron chi connectivity index (χ4n) is 3.65. The van der Waals surface area contributed by atoms with Gasteiger partial charge in [0.1, 0.15) is 5.82 Å². The van der Waals surface area contributed by atoms with Crippen LogP contribution in [0.4, 0.5) is 14.9 Å². The van der Waals surface area contributed by atoms with Gasteiger partial charge in [0.25, 0.3) is 0 Å². The van der Waals surface area contributed by atoms with Gasteiger partial charge in [0.05, 0.1) is 6.10 Å². The zero-order valence-corrected chi connectivity index (χ0v) is 14.2. The quantitative estimate of drug-likeness (QED) is 0.924. The summed E-state index contributed by atoms with van der Waals surface area (Å²) in [6, 6.07) is 6.34. The first-order chi connectivity index (χ1) is 11.7. The van der Waals surface area contributed by atoms with E-state index >= 15 is 0 Å². The van der Waals surface area contributed by atoms with Gasteiger partial charge >= 0.3 is 6.03 Å². The largest absolute Gasteiger partial charge is 0.381 e. The van der Waals surface area contributed by atoms with Gasteiger partial charge in [-0.25, -0.2) is 9.18 Å². The van der Waals surface area contributed by atoms with Gasteiger partial charge < -0.3 is 19.9 Å². The van der Waals surface area contributed by atoms with Crippen molar-refractivity contribution in [2.75, 3.05) is 38.6 Å². The molecule has 2 aliphatic heterocycles. The Bertz CT molecular complexity index is 536. The van der Waals surface area contributed by atoms with Crippen LogP contribution in [0.1, 0.15) is 25.7 Å². The Labute approximate surface area is 142 Å². The van der Waals surface area contributed by atoms with E-state index < -0.39 is 0 Å². The van der Waals surface area contributed by atoms with Crippen LogP contribution in [0.3, 0.4) is 0 Å². The lowest BCUT2D eigenvalue weighted by Gasteiger charge is -2.41. The van der Waals surface area contributed by atoms with Crippen molar-refractivity contribution in [1.29, 1.82) is 0 Å². The Morgan fingerprint density at radius 2 is 1.71 bits per heavy atom. The number of rotatable bonds is 3. The third kappa shape index (κ3) is 4.24. The Morgan fingerprint density at radius 1 is 1.08 bits per heavy atom. The number of piperidine rings is 2. The van der Waals surface area contributed by atoms with Crippen molar-refractivity contribution in [3.8, 4) is 0 Å². The van der Waals surface area contributed by atoms with Crippen LogP contribution >= 0.6 is 0 Å². The summed E-state index contributed by atoms with van der Waals surface area (Å²) in [5, 5.41) is 2.84. The van der Waals surface area contributed by atoms with Crippen LogP contribution < -0.4 is 5.32 Å². The van der Waals surface area contributed by atoms with Crippen LogP contribution in [0.2, 0.25) is 0 Å². The predicted molar refractivity (Wildman–Crippen MR) is 91.6 cm³/mol. The number of halogens is 1. The third-order valence-corrected chi connectivity index (χ3v) is 5.17. The summed E-state index contributed by atoms with van der Waals surface area (Å²) in [6.07, 6.45) is 4.62. The van der Waals surface area contributed by atoms with E-state index in [1.54, 1.807) is 19.2 Å². The number of carbonyl (C=O) groups is 1. The van der Waals surface area contributed by atoms with E-state index in [-0.39, 0.29) is 11.8 Å². The monoisotopic (exact) mass is 335 g/mol. The maximum Gasteiger partial charge on any atom is 0.321 e. The van der Waals surface area contributed by atoms with Crippen molar-refractivity contribution < 1.29 is 13.9 Å². The summed E-state index contributed by atoms with van der Waals surface area (Å²) in [7, 11) is 1.79. The molecule has 132 valence electrons. The molecule has 0 radical (unpaired) electrons. The molecular weight excluding hydrogens is 309 g/mol. The molecule has 0 bridgehead atoms. The molecule has 1 aromatic carbocycles. The van der Waals surface area contributed by atoms with Gasteiger partial charge in [0.15, 0.2) is 0 Å². The Kier molecular flexibility index (Phi) is 5.68. The molecule has 0 unspecified atom stereocenters. The van der Waals surface area contributed by atoms with Gasteiger partial charge in [-0.1, -0.05) is 0 Å². The summed E-state index contributed by atoms with van der Waals surface area (Å²) in [4.78, 5) is 16.7. The topological polar surface area (TPSA) is 44.8 Å². The van der Waals surface area contributed by atoms with E-state index in [4.69, 9.17) is 4.74 Å². The molecule has 0 atom stereocenters. The van der Waals surface area contributed by atoms with Crippen molar-refractivity contribution in [2.24, 2.45) is 0 Å². The molecule has 0 spiro atoms. The van der Waals surface area contributed by atoms with E-state index in [0.29, 0.717) is 17.8 Å². The highest BCUT2D eigenvalue weighted by Gasteiger charge is 2.29. The standard InChI is InChI=1S/C18H26FN3O2/c1-24-17-8-12-21(13-9-17)16-6-10-22(11-7-16)18(23)20-15-4-2-14(19)3-5-15/h2-5,16-17H,6-13H2,1H3,(H,20,23). The first kappa shape index (κ1) is 17.2. The molecule has 2 saturated heterocycles. The van der Waals surface area contributed by atoms with Crippen molar-refractivity contribution in [2.45, 2.75) is 37.8 Å². The summed E-state index contributed by atoms with van der Waals surface area (Å²) < 4.78 is 18.3. The van der Waals surface area contributed by atoms with Crippen molar-refractivity contribution >= 4 is 11.7 Å². The van der Waals surface area contributed by atoms with Crippen LogP contribution in [0.15, 0.2) is 24.3 Å². The van der Waals surface area contributed by atoms with Gasteiger partial charge in [0, 0.05) is 45.0 Å². The second-order valence-corrected chi connectivity index (χ2v) is 6.63. The molecular formula is C18H26FN3O2. The zero-order chi connectivity index (χ0) is 16.9. The number of hydrogen-bond acceptors (Lipinski definition) is 3. The lowest BCUT2D eigenvalue weighted by molar-refractivity contribution is 0.0173. The second kappa shape index (κ2) is 7.94. The molecule has 2 heterocycles. The number of methoxy groups -OCH3 is 1. The highest BCUT2D eigenvalue weighted by Crippen LogP contribution is 2.22. The van der Waals surface area contributed by atoms with E-state index in [0.717, 1.165) is 51.9 Å². The highest BCUT2D eigenvalue weighted by atomic mass is 19.1. The van der Waals surface area contributed by atoms with Crippen LogP contribution in [0.5, 0.6) is 0 Å². The van der Waals surface area contributed by atoms with Crippen LogP contribution in [-0.4, -0.2) is 61.3 Å². The molecule has 1 aromatic rings. The van der Waals surface area contributed by atoms with Crippen LogP contribution in [0, 0.1) is 5.82 Å². The van der Waals surface area contributed by atoms with Gasteiger partial charge in [-0.3, -0.25) is 0 Å². The lowest BCUT2D eigenvalue weighted by Crippen LogP contribution is -2.50. The number of anilines is 1. The maximum absolute atomic E-state index is 12.9. The minimum atomic E-state index is -0.300. The lowest BCUT2D eigenvalue weighted by atomic mass is 9.99. The Morgan fingerprint density at radius 3 is 2.29 bits per heavy atom. The van der Waals surface area contributed by atoms with E-state index in [1.165, 1.54) is 12.1 Å². The van der Waals surface area contributed by atoms with Crippen LogP contribution in [-0.2, 0) is 4.74 Å². The molecule has 2 amide bonds. The van der Waals surface area contributed by atoms with E-state index in [1.807, 2.05) is 4.90 Å². The second-order valence-electron chi connectivity index (χ2n) is 6.63. The molecule has 1 N–H and O–H groups in total. The van der Waals surface area contributed by atoms with Gasteiger partial charge in [-0.15, -0.1) is 0 Å². The molecule has 3 rings (SSSR count). The molecule has 24 heavy (non-hydrogen) atoms. The first-order valence-corrected chi connectivity index (χ1v) is 8.74. The minimum Gasteiger partial charge on any atom is -0.381 e. The third-order valence-electron chi connectivity index (χ3n) is 5.17. The summed E-state index contributed by atoms with van der Waals surface area (Å²) in [5.74, 6) is -0.300. The number of carbonyl (C=O) groups excluding carboxylic acids is 1. The zero-order valence-electron chi connectivity index (χ0n) is 14.2. The Hall–Kier alpha value is -1.66. The SMILES string of the molecule is COC1CCN(C2CCN(C(=O)Nc3ccc(F)cc3)CC2)CC1. The summed E-state index contributed by atoms with van der Waals surface area (Å²) >= 11 is 0. The average molecular weight is 335 g/mol. The van der Waals surface area contributed by atoms with Crippen molar-refractivity contribution in [3.05, 3.63) is 30.1 Å². The normalized spacial score (nSPS) is 21.0. The molecule has 0 aromatic heterocycles. The van der Waals surface area contributed by atoms with E-state index in [2.05, 4.69) is 10.2 Å². The molecule has 5 nitrogen and oxygen atoms in total. The van der Waals surface area contributed by atoms with Gasteiger partial charge in [-0.2, -0.15) is 0 Å². The Balaban J connectivity index is 1.44. The van der Waals surface area contributed by atoms with E-state index in [9.17, 15) is 9.18 Å². The minimum absolute atomic E-state index is 0.0989. The van der Waals surface area contributed by atoms with Crippen LogP contribution in [0.25, 0.3) is 0 Å². The van der Waals surface area contributed by atoms with Gasteiger partial charge in [-0.05, 0) is 49.9 Å². The van der Waals surface area contributed by atoms with Gasteiger partial charge in [0.2, 0.25) is 0 Å². The summed E-state index contributed by atoms with van der Waals surface area (Å²) in [5.41, 5.74) is 0.630. The number of hydrogen-bond donors (Lipinski definition) is 1. The number of amides is 2.